The van der Waals surface area contributed by atoms with Gasteiger partial charge in [0.2, 0.25) is 5.91 Å². The lowest BCUT2D eigenvalue weighted by molar-refractivity contribution is -0.133. The summed E-state index contributed by atoms with van der Waals surface area (Å²) in [7, 11) is 0. The molecule has 4 heterocycles. The van der Waals surface area contributed by atoms with Crippen LogP contribution in [0.5, 0.6) is 0 Å². The summed E-state index contributed by atoms with van der Waals surface area (Å²) in [5, 5.41) is 3.36. The van der Waals surface area contributed by atoms with E-state index in [9.17, 15) is 4.79 Å². The Balaban J connectivity index is 1.67. The van der Waals surface area contributed by atoms with Crippen LogP contribution in [0.15, 0.2) is 18.7 Å². The van der Waals surface area contributed by atoms with E-state index in [1.54, 1.807) is 12.4 Å². The Morgan fingerprint density at radius 2 is 2.00 bits per heavy atom. The van der Waals surface area contributed by atoms with Crippen molar-refractivity contribution in [2.24, 2.45) is 5.92 Å². The van der Waals surface area contributed by atoms with Gasteiger partial charge in [-0.15, -0.1) is 0 Å². The summed E-state index contributed by atoms with van der Waals surface area (Å²) in [5.74, 6) is 2.70. The number of carbonyl (C=O) groups excluding carboxylic acids is 1. The monoisotopic (exact) mass is 422 g/mol. The SMILES string of the molecule is CC[C@H](Nc1ncnc2c1nc(-c1cnc(C)nc1)n2CC)C(=O)N1CCCC(C)C1. The average molecular weight is 423 g/mol. The lowest BCUT2D eigenvalue weighted by Crippen LogP contribution is -2.47. The Morgan fingerprint density at radius 3 is 2.68 bits per heavy atom. The van der Waals surface area contributed by atoms with Crippen LogP contribution in [-0.2, 0) is 11.3 Å². The maximum absolute atomic E-state index is 13.2. The maximum Gasteiger partial charge on any atom is 0.245 e. The van der Waals surface area contributed by atoms with Crippen LogP contribution in [0, 0.1) is 12.8 Å². The molecule has 1 aliphatic rings. The van der Waals surface area contributed by atoms with Crippen LogP contribution < -0.4 is 5.32 Å². The molecule has 1 unspecified atom stereocenters. The highest BCUT2D eigenvalue weighted by Gasteiger charge is 2.28. The second-order valence-electron chi connectivity index (χ2n) is 8.23. The number of aromatic nitrogens is 6. The molecular formula is C22H30N8O. The van der Waals surface area contributed by atoms with Gasteiger partial charge in [0.15, 0.2) is 17.0 Å². The molecule has 1 fully saturated rings. The highest BCUT2D eigenvalue weighted by Crippen LogP contribution is 2.27. The Bertz CT molecular complexity index is 1060. The highest BCUT2D eigenvalue weighted by atomic mass is 16.2. The summed E-state index contributed by atoms with van der Waals surface area (Å²) < 4.78 is 2.02. The van der Waals surface area contributed by atoms with Crippen LogP contribution in [0.25, 0.3) is 22.6 Å². The molecule has 31 heavy (non-hydrogen) atoms. The summed E-state index contributed by atoms with van der Waals surface area (Å²) >= 11 is 0. The van der Waals surface area contributed by atoms with Gasteiger partial charge in [0.25, 0.3) is 0 Å². The van der Waals surface area contributed by atoms with Gasteiger partial charge in [-0.1, -0.05) is 13.8 Å². The van der Waals surface area contributed by atoms with E-state index >= 15 is 0 Å². The highest BCUT2D eigenvalue weighted by molar-refractivity contribution is 5.90. The summed E-state index contributed by atoms with van der Waals surface area (Å²) in [6.45, 7) is 10.4. The number of rotatable bonds is 6. The van der Waals surface area contributed by atoms with Crippen LogP contribution in [0.3, 0.4) is 0 Å². The van der Waals surface area contributed by atoms with Crippen LogP contribution in [0.1, 0.15) is 45.9 Å². The van der Waals surface area contributed by atoms with Crippen molar-refractivity contribution >= 4 is 22.9 Å². The zero-order valence-corrected chi connectivity index (χ0v) is 18.7. The van der Waals surface area contributed by atoms with Crippen molar-refractivity contribution in [1.82, 2.24) is 34.4 Å². The van der Waals surface area contributed by atoms with Crippen molar-refractivity contribution in [3.63, 3.8) is 0 Å². The van der Waals surface area contributed by atoms with Gasteiger partial charge < -0.3 is 14.8 Å². The number of nitrogens with one attached hydrogen (secondary N) is 1. The first-order valence-corrected chi connectivity index (χ1v) is 11.1. The number of hydrogen-bond donors (Lipinski definition) is 1. The van der Waals surface area contributed by atoms with Gasteiger partial charge in [0.1, 0.15) is 24.0 Å². The molecule has 4 rings (SSSR count). The van der Waals surface area contributed by atoms with Crippen molar-refractivity contribution < 1.29 is 4.79 Å². The third-order valence-electron chi connectivity index (χ3n) is 5.87. The maximum atomic E-state index is 13.2. The molecule has 2 atom stereocenters. The molecule has 0 bridgehead atoms. The van der Waals surface area contributed by atoms with Gasteiger partial charge in [0, 0.05) is 32.0 Å². The molecule has 0 saturated carbocycles. The van der Waals surface area contributed by atoms with E-state index in [1.165, 1.54) is 12.7 Å². The summed E-state index contributed by atoms with van der Waals surface area (Å²) in [5.41, 5.74) is 2.20. The minimum atomic E-state index is -0.346. The molecule has 1 aliphatic heterocycles. The van der Waals surface area contributed by atoms with E-state index in [4.69, 9.17) is 4.98 Å². The number of fused-ring (bicyclic) bond motifs is 1. The largest absolute Gasteiger partial charge is 0.356 e. The van der Waals surface area contributed by atoms with Crippen molar-refractivity contribution in [2.45, 2.75) is 59.5 Å². The van der Waals surface area contributed by atoms with Gasteiger partial charge in [-0.25, -0.2) is 24.9 Å². The van der Waals surface area contributed by atoms with Gasteiger partial charge >= 0.3 is 0 Å². The molecule has 1 saturated heterocycles. The van der Waals surface area contributed by atoms with Crippen molar-refractivity contribution in [3.05, 3.63) is 24.5 Å². The summed E-state index contributed by atoms with van der Waals surface area (Å²) in [6.07, 6.45) is 7.97. The molecule has 0 spiro atoms. The number of piperidine rings is 1. The topological polar surface area (TPSA) is 102 Å². The molecule has 0 aromatic carbocycles. The van der Waals surface area contributed by atoms with Crippen LogP contribution >= 0.6 is 0 Å². The molecule has 0 radical (unpaired) electrons. The van der Waals surface area contributed by atoms with Crippen molar-refractivity contribution in [3.8, 4) is 11.4 Å². The van der Waals surface area contributed by atoms with Crippen molar-refractivity contribution in [1.29, 1.82) is 0 Å². The molecule has 1 N–H and O–H groups in total. The Labute approximate surface area is 182 Å². The lowest BCUT2D eigenvalue weighted by atomic mass is 9.99. The lowest BCUT2D eigenvalue weighted by Gasteiger charge is -2.33. The molecule has 164 valence electrons. The Morgan fingerprint density at radius 1 is 1.23 bits per heavy atom. The predicted molar refractivity (Wildman–Crippen MR) is 119 cm³/mol. The van der Waals surface area contributed by atoms with E-state index in [0.29, 0.717) is 36.0 Å². The van der Waals surface area contributed by atoms with E-state index in [-0.39, 0.29) is 11.9 Å². The van der Waals surface area contributed by atoms with Gasteiger partial charge in [-0.3, -0.25) is 4.79 Å². The summed E-state index contributed by atoms with van der Waals surface area (Å²) in [6, 6.07) is -0.346. The van der Waals surface area contributed by atoms with E-state index in [1.807, 2.05) is 30.2 Å². The van der Waals surface area contributed by atoms with Crippen molar-refractivity contribution in [2.75, 3.05) is 18.4 Å². The number of nitrogens with zero attached hydrogens (tertiary/aromatic N) is 7. The fourth-order valence-corrected chi connectivity index (χ4v) is 4.18. The quantitative estimate of drug-likeness (QED) is 0.651. The minimum Gasteiger partial charge on any atom is -0.356 e. The van der Waals surface area contributed by atoms with Crippen LogP contribution in [-0.4, -0.2) is 59.4 Å². The zero-order valence-electron chi connectivity index (χ0n) is 18.7. The Kier molecular flexibility index (Phi) is 6.11. The van der Waals surface area contributed by atoms with E-state index < -0.39 is 0 Å². The molecule has 0 aliphatic carbocycles. The van der Waals surface area contributed by atoms with Gasteiger partial charge in [-0.2, -0.15) is 0 Å². The fraction of sp³-hybridized carbons (Fsp3) is 0.545. The minimum absolute atomic E-state index is 0.128. The molecule has 9 heteroatoms. The summed E-state index contributed by atoms with van der Waals surface area (Å²) in [4.78, 5) is 37.5. The molecule has 3 aromatic rings. The average Bonchev–Trinajstić information content (AvgIpc) is 3.17. The first kappa shape index (κ1) is 21.1. The smallest absolute Gasteiger partial charge is 0.245 e. The number of carbonyl (C=O) groups is 1. The third-order valence-corrected chi connectivity index (χ3v) is 5.87. The van der Waals surface area contributed by atoms with Crippen LogP contribution in [0.2, 0.25) is 0 Å². The van der Waals surface area contributed by atoms with Gasteiger partial charge in [-0.05, 0) is 39.0 Å². The van der Waals surface area contributed by atoms with Crippen LogP contribution in [0.4, 0.5) is 5.82 Å². The normalized spacial score (nSPS) is 17.7. The molecule has 9 nitrogen and oxygen atoms in total. The number of imidazole rings is 1. The standard InChI is InChI=1S/C22H30N8O/c1-5-17(22(31)29-9-7-8-14(3)12-29)27-19-18-21(26-13-25-19)30(6-2)20(28-18)16-10-23-15(4)24-11-16/h10-11,13-14,17H,5-9,12H2,1-4H3,(H,25,26,27)/t14?,17-/m0/s1. The number of amides is 1. The van der Waals surface area contributed by atoms with Gasteiger partial charge in [0.05, 0.1) is 5.56 Å². The zero-order chi connectivity index (χ0) is 22.0. The molecule has 1 amide bonds. The second-order valence-corrected chi connectivity index (χ2v) is 8.23. The number of anilines is 1. The molecule has 3 aromatic heterocycles. The molecular weight excluding hydrogens is 392 g/mol. The fourth-order valence-electron chi connectivity index (χ4n) is 4.18. The first-order valence-electron chi connectivity index (χ1n) is 11.1. The first-order chi connectivity index (χ1) is 15.0. The van der Waals surface area contributed by atoms with E-state index in [2.05, 4.69) is 32.2 Å². The second kappa shape index (κ2) is 8.95. The number of aryl methyl sites for hydroxylation is 2. The number of hydrogen-bond acceptors (Lipinski definition) is 7. The van der Waals surface area contributed by atoms with E-state index in [0.717, 1.165) is 36.5 Å². The third kappa shape index (κ3) is 4.22. The number of likely N-dealkylation sites (tertiary alicyclic amines) is 1. The Hall–Kier alpha value is -3.10. The predicted octanol–water partition coefficient (Wildman–Crippen LogP) is 3.06.